The van der Waals surface area contributed by atoms with Crippen molar-refractivity contribution in [2.75, 3.05) is 33.3 Å². The summed E-state index contributed by atoms with van der Waals surface area (Å²) in [5, 5.41) is 7.96. The van der Waals surface area contributed by atoms with Gasteiger partial charge in [-0.15, -0.1) is 5.10 Å². The maximum absolute atomic E-state index is 13.0. The summed E-state index contributed by atoms with van der Waals surface area (Å²) >= 11 is 0. The SMILES string of the molecule is CCOC(=O)C1=C(C)Nc2nc(-c3ccc(OC)cc3)nn2C1c1cc(OC)ccc1OC. The van der Waals surface area contributed by atoms with Gasteiger partial charge in [0.25, 0.3) is 0 Å². The lowest BCUT2D eigenvalue weighted by molar-refractivity contribution is -0.139. The number of benzene rings is 2. The van der Waals surface area contributed by atoms with Gasteiger partial charge in [-0.2, -0.15) is 4.98 Å². The lowest BCUT2D eigenvalue weighted by atomic mass is 9.94. The first kappa shape index (κ1) is 22.2. The summed E-state index contributed by atoms with van der Waals surface area (Å²) in [6.45, 7) is 3.84. The third kappa shape index (κ3) is 4.09. The normalized spacial score (nSPS) is 14.9. The number of nitrogens with zero attached hydrogens (tertiary/aromatic N) is 3. The summed E-state index contributed by atoms with van der Waals surface area (Å²) in [5.41, 5.74) is 2.56. The molecule has 0 radical (unpaired) electrons. The van der Waals surface area contributed by atoms with Gasteiger partial charge >= 0.3 is 5.97 Å². The fourth-order valence-electron chi connectivity index (χ4n) is 3.83. The fourth-order valence-corrected chi connectivity index (χ4v) is 3.83. The number of hydrogen-bond acceptors (Lipinski definition) is 8. The minimum atomic E-state index is -0.634. The van der Waals surface area contributed by atoms with Crippen molar-refractivity contribution in [3.05, 3.63) is 59.3 Å². The number of carbonyl (C=O) groups is 1. The topological polar surface area (TPSA) is 96.7 Å². The van der Waals surface area contributed by atoms with E-state index < -0.39 is 12.0 Å². The van der Waals surface area contributed by atoms with Gasteiger partial charge in [-0.3, -0.25) is 0 Å². The molecule has 1 aliphatic rings. The van der Waals surface area contributed by atoms with E-state index in [1.807, 2.05) is 37.3 Å². The molecule has 0 fully saturated rings. The van der Waals surface area contributed by atoms with Crippen LogP contribution in [0.5, 0.6) is 17.2 Å². The monoisotopic (exact) mass is 450 g/mol. The first-order valence-electron chi connectivity index (χ1n) is 10.5. The van der Waals surface area contributed by atoms with Crippen LogP contribution < -0.4 is 19.5 Å². The number of nitrogens with one attached hydrogen (secondary N) is 1. The van der Waals surface area contributed by atoms with Crippen LogP contribution in [0.3, 0.4) is 0 Å². The molecule has 2 heterocycles. The molecular formula is C24H26N4O5. The summed E-state index contributed by atoms with van der Waals surface area (Å²) in [6, 6.07) is 12.3. The highest BCUT2D eigenvalue weighted by atomic mass is 16.5. The molecule has 3 aromatic rings. The van der Waals surface area contributed by atoms with E-state index in [0.717, 1.165) is 11.3 Å². The number of rotatable bonds is 7. The van der Waals surface area contributed by atoms with Crippen LogP contribution in [0.2, 0.25) is 0 Å². The Hall–Kier alpha value is -4.01. The molecule has 1 aliphatic heterocycles. The van der Waals surface area contributed by atoms with Crippen LogP contribution in [0, 0.1) is 0 Å². The Morgan fingerprint density at radius 3 is 2.36 bits per heavy atom. The first-order valence-corrected chi connectivity index (χ1v) is 10.5. The van der Waals surface area contributed by atoms with E-state index in [1.54, 1.807) is 45.1 Å². The lowest BCUT2D eigenvalue weighted by Crippen LogP contribution is -2.30. The molecule has 1 unspecified atom stereocenters. The van der Waals surface area contributed by atoms with Crippen LogP contribution in [-0.2, 0) is 9.53 Å². The second-order valence-electron chi connectivity index (χ2n) is 7.33. The van der Waals surface area contributed by atoms with Crippen molar-refractivity contribution >= 4 is 11.9 Å². The van der Waals surface area contributed by atoms with Gasteiger partial charge in [0.2, 0.25) is 5.95 Å². The molecule has 1 N–H and O–H groups in total. The van der Waals surface area contributed by atoms with Crippen LogP contribution in [-0.4, -0.2) is 48.7 Å². The van der Waals surface area contributed by atoms with Gasteiger partial charge in [-0.25, -0.2) is 9.48 Å². The van der Waals surface area contributed by atoms with Gasteiger partial charge in [0.15, 0.2) is 5.82 Å². The molecule has 0 saturated heterocycles. The van der Waals surface area contributed by atoms with Crippen LogP contribution in [0.1, 0.15) is 25.5 Å². The standard InChI is InChI=1S/C24H26N4O5/c1-6-33-23(29)20-14(2)25-24-26-22(15-7-9-16(30-3)10-8-15)27-28(24)21(20)18-13-17(31-4)11-12-19(18)32-5/h7-13,21H,6H2,1-5H3,(H,25,26,27). The molecule has 172 valence electrons. The second-order valence-corrected chi connectivity index (χ2v) is 7.33. The molecule has 33 heavy (non-hydrogen) atoms. The Balaban J connectivity index is 1.90. The van der Waals surface area contributed by atoms with Crippen molar-refractivity contribution in [2.45, 2.75) is 19.9 Å². The number of ether oxygens (including phenoxy) is 4. The van der Waals surface area contributed by atoms with E-state index in [0.29, 0.717) is 40.1 Å². The maximum Gasteiger partial charge on any atom is 0.338 e. The fraction of sp³-hybridized carbons (Fsp3) is 0.292. The van der Waals surface area contributed by atoms with Gasteiger partial charge < -0.3 is 24.3 Å². The zero-order valence-corrected chi connectivity index (χ0v) is 19.2. The van der Waals surface area contributed by atoms with Crippen molar-refractivity contribution in [3.8, 4) is 28.6 Å². The van der Waals surface area contributed by atoms with E-state index in [2.05, 4.69) is 10.3 Å². The zero-order valence-electron chi connectivity index (χ0n) is 19.2. The quantitative estimate of drug-likeness (QED) is 0.543. The van der Waals surface area contributed by atoms with Gasteiger partial charge in [-0.05, 0) is 56.3 Å². The molecule has 0 spiro atoms. The predicted molar refractivity (Wildman–Crippen MR) is 123 cm³/mol. The maximum atomic E-state index is 13.0. The molecule has 1 atom stereocenters. The molecule has 0 amide bonds. The van der Waals surface area contributed by atoms with Crippen LogP contribution in [0.25, 0.3) is 11.4 Å². The number of allylic oxidation sites excluding steroid dienone is 1. The van der Waals surface area contributed by atoms with Crippen LogP contribution >= 0.6 is 0 Å². The molecule has 9 heteroatoms. The van der Waals surface area contributed by atoms with Gasteiger partial charge in [0, 0.05) is 16.8 Å². The summed E-state index contributed by atoms with van der Waals surface area (Å²) in [5.74, 6) is 2.52. The Morgan fingerprint density at radius 2 is 1.73 bits per heavy atom. The number of aromatic nitrogens is 3. The van der Waals surface area contributed by atoms with Crippen molar-refractivity contribution in [1.82, 2.24) is 14.8 Å². The van der Waals surface area contributed by atoms with Crippen molar-refractivity contribution < 1.29 is 23.7 Å². The molecule has 9 nitrogen and oxygen atoms in total. The Labute approximate surface area is 191 Å². The molecule has 0 saturated carbocycles. The number of carbonyl (C=O) groups excluding carboxylic acids is 1. The number of esters is 1. The van der Waals surface area contributed by atoms with Crippen molar-refractivity contribution in [3.63, 3.8) is 0 Å². The summed E-state index contributed by atoms with van der Waals surface area (Å²) in [7, 11) is 4.78. The van der Waals surface area contributed by atoms with E-state index in [1.165, 1.54) is 0 Å². The van der Waals surface area contributed by atoms with Crippen LogP contribution in [0.15, 0.2) is 53.7 Å². The van der Waals surface area contributed by atoms with E-state index in [4.69, 9.17) is 24.0 Å². The second kappa shape index (κ2) is 9.23. The smallest absolute Gasteiger partial charge is 0.338 e. The van der Waals surface area contributed by atoms with E-state index in [-0.39, 0.29) is 6.61 Å². The lowest BCUT2D eigenvalue weighted by Gasteiger charge is -2.29. The van der Waals surface area contributed by atoms with Crippen molar-refractivity contribution in [1.29, 1.82) is 0 Å². The van der Waals surface area contributed by atoms with Crippen molar-refractivity contribution in [2.24, 2.45) is 0 Å². The largest absolute Gasteiger partial charge is 0.497 e. The molecule has 0 aliphatic carbocycles. The molecule has 4 rings (SSSR count). The average molecular weight is 450 g/mol. The Morgan fingerprint density at radius 1 is 1.03 bits per heavy atom. The summed E-state index contributed by atoms with van der Waals surface area (Å²) < 4.78 is 23.4. The third-order valence-electron chi connectivity index (χ3n) is 5.43. The minimum Gasteiger partial charge on any atom is -0.497 e. The van der Waals surface area contributed by atoms with Gasteiger partial charge in [0.05, 0.1) is 33.5 Å². The van der Waals surface area contributed by atoms with E-state index in [9.17, 15) is 4.79 Å². The van der Waals surface area contributed by atoms with Gasteiger partial charge in [-0.1, -0.05) is 0 Å². The number of methoxy groups -OCH3 is 3. The molecule has 0 bridgehead atoms. The number of anilines is 1. The Bertz CT molecular complexity index is 1200. The molecule has 2 aromatic carbocycles. The first-order chi connectivity index (χ1) is 16.0. The molecule has 1 aromatic heterocycles. The zero-order chi connectivity index (χ0) is 23.5. The Kier molecular flexibility index (Phi) is 6.21. The van der Waals surface area contributed by atoms with E-state index >= 15 is 0 Å². The summed E-state index contributed by atoms with van der Waals surface area (Å²) in [4.78, 5) is 17.7. The predicted octanol–water partition coefficient (Wildman–Crippen LogP) is 3.82. The highest BCUT2D eigenvalue weighted by Crippen LogP contribution is 2.41. The van der Waals surface area contributed by atoms with Gasteiger partial charge in [0.1, 0.15) is 23.3 Å². The minimum absolute atomic E-state index is 0.249. The highest BCUT2D eigenvalue weighted by molar-refractivity contribution is 5.92. The average Bonchev–Trinajstić information content (AvgIpc) is 3.26. The highest BCUT2D eigenvalue weighted by Gasteiger charge is 2.37. The third-order valence-corrected chi connectivity index (χ3v) is 5.43. The number of hydrogen-bond donors (Lipinski definition) is 1. The summed E-state index contributed by atoms with van der Waals surface area (Å²) in [6.07, 6.45) is 0. The number of fused-ring (bicyclic) bond motifs is 1. The van der Waals surface area contributed by atoms with Crippen LogP contribution in [0.4, 0.5) is 5.95 Å². The molecular weight excluding hydrogens is 424 g/mol.